The lowest BCUT2D eigenvalue weighted by molar-refractivity contribution is 0.486. The predicted molar refractivity (Wildman–Crippen MR) is 86.8 cm³/mol. The number of furan rings is 1. The second-order valence-corrected chi connectivity index (χ2v) is 6.98. The number of fused-ring (bicyclic) bond motifs is 1. The molecule has 0 saturated carbocycles. The van der Waals surface area contributed by atoms with Crippen LogP contribution in [0, 0.1) is 0 Å². The SMILES string of the molecule is Brc1ccc(-c2nnc(CSc3nnc4n3CCCCC4)o2)o1. The van der Waals surface area contributed by atoms with E-state index in [1.807, 2.05) is 0 Å². The highest BCUT2D eigenvalue weighted by atomic mass is 79.9. The molecule has 1 aliphatic heterocycles. The lowest BCUT2D eigenvalue weighted by atomic mass is 10.2. The van der Waals surface area contributed by atoms with Crippen LogP contribution in [-0.4, -0.2) is 25.0 Å². The Morgan fingerprint density at radius 3 is 2.91 bits per heavy atom. The molecule has 3 aromatic rings. The molecule has 0 unspecified atom stereocenters. The number of hydrogen-bond acceptors (Lipinski definition) is 7. The van der Waals surface area contributed by atoms with Gasteiger partial charge in [-0.05, 0) is 40.9 Å². The highest BCUT2D eigenvalue weighted by molar-refractivity contribution is 9.10. The van der Waals surface area contributed by atoms with Gasteiger partial charge in [0.2, 0.25) is 5.89 Å². The zero-order valence-electron chi connectivity index (χ0n) is 12.2. The minimum Gasteiger partial charge on any atom is -0.444 e. The average Bonchev–Trinajstić information content (AvgIpc) is 3.23. The molecule has 0 spiro atoms. The number of aryl methyl sites for hydroxylation is 1. The Kier molecular flexibility index (Phi) is 4.21. The first-order valence-corrected chi connectivity index (χ1v) is 9.20. The van der Waals surface area contributed by atoms with E-state index in [1.54, 1.807) is 23.9 Å². The lowest BCUT2D eigenvalue weighted by Gasteiger charge is -2.04. The standard InChI is InChI=1S/C14H14BrN5O2S/c15-10-6-5-9(21-10)13-18-17-12(22-13)8-23-14-19-16-11-4-2-1-3-7-20(11)14/h5-6H,1-4,7-8H2. The van der Waals surface area contributed by atoms with Crippen LogP contribution in [-0.2, 0) is 18.7 Å². The van der Waals surface area contributed by atoms with E-state index >= 15 is 0 Å². The van der Waals surface area contributed by atoms with Gasteiger partial charge >= 0.3 is 0 Å². The van der Waals surface area contributed by atoms with E-state index in [2.05, 4.69) is 40.9 Å². The van der Waals surface area contributed by atoms with Gasteiger partial charge < -0.3 is 13.4 Å². The fourth-order valence-electron chi connectivity index (χ4n) is 2.53. The summed E-state index contributed by atoms with van der Waals surface area (Å²) in [5.74, 6) is 3.12. The van der Waals surface area contributed by atoms with Gasteiger partial charge in [0.25, 0.3) is 5.89 Å². The molecule has 3 aromatic heterocycles. The lowest BCUT2D eigenvalue weighted by Crippen LogP contribution is -2.02. The number of nitrogens with zero attached hydrogens (tertiary/aromatic N) is 5. The molecule has 0 amide bonds. The minimum atomic E-state index is 0.381. The molecule has 9 heteroatoms. The van der Waals surface area contributed by atoms with E-state index < -0.39 is 0 Å². The van der Waals surface area contributed by atoms with Crippen LogP contribution < -0.4 is 0 Å². The Balaban J connectivity index is 1.46. The normalized spacial score (nSPS) is 14.7. The number of halogens is 1. The van der Waals surface area contributed by atoms with Gasteiger partial charge in [0.05, 0.1) is 5.75 Å². The summed E-state index contributed by atoms with van der Waals surface area (Å²) in [6, 6.07) is 3.58. The van der Waals surface area contributed by atoms with Gasteiger partial charge in [-0.15, -0.1) is 20.4 Å². The van der Waals surface area contributed by atoms with E-state index in [0.717, 1.165) is 23.9 Å². The maximum atomic E-state index is 5.63. The molecular weight excluding hydrogens is 382 g/mol. The smallest absolute Gasteiger partial charge is 0.283 e. The van der Waals surface area contributed by atoms with Crippen molar-refractivity contribution in [3.63, 3.8) is 0 Å². The number of hydrogen-bond donors (Lipinski definition) is 0. The first-order valence-electron chi connectivity index (χ1n) is 7.42. The van der Waals surface area contributed by atoms with Gasteiger partial charge in [-0.2, -0.15) is 0 Å². The maximum Gasteiger partial charge on any atom is 0.283 e. The molecule has 120 valence electrons. The van der Waals surface area contributed by atoms with Gasteiger partial charge in [-0.25, -0.2) is 0 Å². The first kappa shape index (κ1) is 14.9. The molecule has 0 fully saturated rings. The Hall–Kier alpha value is -1.61. The molecule has 0 aliphatic carbocycles. The quantitative estimate of drug-likeness (QED) is 0.622. The summed E-state index contributed by atoms with van der Waals surface area (Å²) in [5, 5.41) is 17.6. The van der Waals surface area contributed by atoms with Gasteiger partial charge in [0, 0.05) is 13.0 Å². The second kappa shape index (κ2) is 6.48. The summed E-state index contributed by atoms with van der Waals surface area (Å²) in [5.41, 5.74) is 0. The van der Waals surface area contributed by atoms with E-state index in [4.69, 9.17) is 8.83 Å². The molecule has 0 bridgehead atoms. The predicted octanol–water partition coefficient (Wildman–Crippen LogP) is 3.70. The van der Waals surface area contributed by atoms with Crippen molar-refractivity contribution in [2.24, 2.45) is 0 Å². The van der Waals surface area contributed by atoms with Gasteiger partial charge in [0.15, 0.2) is 15.6 Å². The maximum absolute atomic E-state index is 5.63. The largest absolute Gasteiger partial charge is 0.444 e. The molecule has 0 saturated heterocycles. The average molecular weight is 396 g/mol. The Labute approximate surface area is 145 Å². The topological polar surface area (TPSA) is 82.8 Å². The third-order valence-electron chi connectivity index (χ3n) is 3.65. The third kappa shape index (κ3) is 3.20. The third-order valence-corrected chi connectivity index (χ3v) is 5.03. The molecule has 4 heterocycles. The fourth-order valence-corrected chi connectivity index (χ4v) is 3.66. The van der Waals surface area contributed by atoms with E-state index in [0.29, 0.717) is 28.0 Å². The molecule has 1 aliphatic rings. The number of aromatic nitrogens is 5. The highest BCUT2D eigenvalue weighted by Gasteiger charge is 2.17. The van der Waals surface area contributed by atoms with E-state index in [-0.39, 0.29) is 0 Å². The zero-order valence-corrected chi connectivity index (χ0v) is 14.6. The van der Waals surface area contributed by atoms with Crippen molar-refractivity contribution in [1.29, 1.82) is 0 Å². The van der Waals surface area contributed by atoms with Crippen LogP contribution in [0.2, 0.25) is 0 Å². The Morgan fingerprint density at radius 1 is 1.09 bits per heavy atom. The summed E-state index contributed by atoms with van der Waals surface area (Å²) < 4.78 is 13.9. The van der Waals surface area contributed by atoms with Crippen LogP contribution in [0.5, 0.6) is 0 Å². The fraction of sp³-hybridized carbons (Fsp3) is 0.429. The van der Waals surface area contributed by atoms with E-state index in [1.165, 1.54) is 19.3 Å². The summed E-state index contributed by atoms with van der Waals surface area (Å²) in [6.45, 7) is 0.986. The number of rotatable bonds is 4. The molecule has 0 N–H and O–H groups in total. The molecule has 23 heavy (non-hydrogen) atoms. The van der Waals surface area contributed by atoms with Crippen LogP contribution in [0.4, 0.5) is 0 Å². The van der Waals surface area contributed by atoms with Crippen molar-refractivity contribution in [1.82, 2.24) is 25.0 Å². The van der Waals surface area contributed by atoms with Crippen LogP contribution in [0.25, 0.3) is 11.7 Å². The van der Waals surface area contributed by atoms with Crippen molar-refractivity contribution < 1.29 is 8.83 Å². The molecular formula is C14H14BrN5O2S. The van der Waals surface area contributed by atoms with Crippen molar-refractivity contribution >= 4 is 27.7 Å². The summed E-state index contributed by atoms with van der Waals surface area (Å²) in [6.07, 6.45) is 4.62. The molecule has 0 atom stereocenters. The first-order chi connectivity index (χ1) is 11.3. The second-order valence-electron chi connectivity index (χ2n) is 5.25. The monoisotopic (exact) mass is 395 g/mol. The van der Waals surface area contributed by atoms with Crippen LogP contribution in [0.15, 0.2) is 30.8 Å². The molecule has 0 radical (unpaired) electrons. The highest BCUT2D eigenvalue weighted by Crippen LogP contribution is 2.27. The number of thioether (sulfide) groups is 1. The Bertz CT molecular complexity index is 812. The zero-order chi connectivity index (χ0) is 15.6. The molecule has 4 rings (SSSR count). The van der Waals surface area contributed by atoms with Gasteiger partial charge in [-0.1, -0.05) is 18.2 Å². The van der Waals surface area contributed by atoms with Crippen molar-refractivity contribution in [2.45, 2.75) is 43.1 Å². The van der Waals surface area contributed by atoms with Crippen LogP contribution in [0.3, 0.4) is 0 Å². The van der Waals surface area contributed by atoms with Crippen molar-refractivity contribution in [3.05, 3.63) is 28.5 Å². The van der Waals surface area contributed by atoms with Crippen LogP contribution >= 0.6 is 27.7 Å². The van der Waals surface area contributed by atoms with Crippen molar-refractivity contribution in [2.75, 3.05) is 0 Å². The van der Waals surface area contributed by atoms with Gasteiger partial charge in [-0.3, -0.25) is 0 Å². The van der Waals surface area contributed by atoms with Gasteiger partial charge in [0.1, 0.15) is 5.82 Å². The van der Waals surface area contributed by atoms with E-state index in [9.17, 15) is 0 Å². The summed E-state index contributed by atoms with van der Waals surface area (Å²) >= 11 is 4.83. The summed E-state index contributed by atoms with van der Waals surface area (Å²) in [7, 11) is 0. The minimum absolute atomic E-state index is 0.381. The molecule has 0 aromatic carbocycles. The summed E-state index contributed by atoms with van der Waals surface area (Å²) in [4.78, 5) is 0. The van der Waals surface area contributed by atoms with Crippen LogP contribution in [0.1, 0.15) is 31.0 Å². The molecule has 7 nitrogen and oxygen atoms in total. The Morgan fingerprint density at radius 2 is 2.04 bits per heavy atom. The van der Waals surface area contributed by atoms with Crippen molar-refractivity contribution in [3.8, 4) is 11.7 Å².